The van der Waals surface area contributed by atoms with Crippen LogP contribution in [0.25, 0.3) is 10.9 Å². The number of hydrogen-bond donors (Lipinski definition) is 1. The van der Waals surface area contributed by atoms with Crippen molar-refractivity contribution in [2.24, 2.45) is 5.92 Å². The number of aromatic nitrogens is 1. The van der Waals surface area contributed by atoms with Crippen LogP contribution in [0.3, 0.4) is 0 Å². The van der Waals surface area contributed by atoms with E-state index in [1.54, 1.807) is 11.3 Å². The molecule has 2 aliphatic heterocycles. The predicted molar refractivity (Wildman–Crippen MR) is 88.6 cm³/mol. The van der Waals surface area contributed by atoms with Crippen LogP contribution in [-0.4, -0.2) is 23.0 Å². The monoisotopic (exact) mass is 282 g/mol. The van der Waals surface area contributed by atoms with Gasteiger partial charge in [0.25, 0.3) is 0 Å². The molecule has 0 spiro atoms. The van der Waals surface area contributed by atoms with Gasteiger partial charge < -0.3 is 4.98 Å². The van der Waals surface area contributed by atoms with Crippen molar-refractivity contribution in [3.8, 4) is 0 Å². The first-order valence-electron chi connectivity index (χ1n) is 8.72. The van der Waals surface area contributed by atoms with Gasteiger partial charge in [0.05, 0.1) is 6.04 Å². The molecule has 1 aromatic heterocycles. The first kappa shape index (κ1) is 13.4. The standard InChI is InChI=1S/C19H26N2/c1-2-3-7-14-8-6-12-21-13-11-16-15-9-4-5-10-17(15)20-18(16)19(14)21/h4-5,9-10,14,19-20H,2-3,6-8,11-13H2,1H3. The molecule has 0 bridgehead atoms. The third kappa shape index (κ3) is 2.20. The van der Waals surface area contributed by atoms with Gasteiger partial charge in [-0.15, -0.1) is 0 Å². The molecular formula is C19H26N2. The quantitative estimate of drug-likeness (QED) is 0.867. The number of piperidine rings is 1. The summed E-state index contributed by atoms with van der Waals surface area (Å²) in [5, 5.41) is 1.46. The van der Waals surface area contributed by atoms with Crippen LogP contribution < -0.4 is 0 Å². The third-order valence-corrected chi connectivity index (χ3v) is 5.58. The van der Waals surface area contributed by atoms with Crippen molar-refractivity contribution in [2.45, 2.75) is 51.5 Å². The Morgan fingerprint density at radius 3 is 3.05 bits per heavy atom. The highest BCUT2D eigenvalue weighted by Crippen LogP contribution is 2.44. The van der Waals surface area contributed by atoms with E-state index >= 15 is 0 Å². The van der Waals surface area contributed by atoms with Gasteiger partial charge in [-0.2, -0.15) is 0 Å². The summed E-state index contributed by atoms with van der Waals surface area (Å²) in [4.78, 5) is 6.53. The summed E-state index contributed by atoms with van der Waals surface area (Å²) in [6.07, 6.45) is 8.12. The van der Waals surface area contributed by atoms with E-state index in [2.05, 4.69) is 41.1 Å². The molecule has 2 aromatic rings. The molecule has 21 heavy (non-hydrogen) atoms. The lowest BCUT2D eigenvalue weighted by Crippen LogP contribution is -2.43. The molecule has 2 heteroatoms. The zero-order chi connectivity index (χ0) is 14.2. The number of H-pyrrole nitrogens is 1. The normalized spacial score (nSPS) is 25.8. The maximum atomic E-state index is 3.78. The Kier molecular flexibility index (Phi) is 3.50. The Morgan fingerprint density at radius 2 is 2.14 bits per heavy atom. The van der Waals surface area contributed by atoms with Crippen LogP contribution in [0.4, 0.5) is 0 Å². The van der Waals surface area contributed by atoms with Crippen LogP contribution in [-0.2, 0) is 6.42 Å². The summed E-state index contributed by atoms with van der Waals surface area (Å²) >= 11 is 0. The first-order valence-corrected chi connectivity index (χ1v) is 8.72. The number of hydrogen-bond acceptors (Lipinski definition) is 1. The molecule has 4 rings (SSSR count). The highest BCUT2D eigenvalue weighted by molar-refractivity contribution is 5.85. The number of nitrogens with zero attached hydrogens (tertiary/aromatic N) is 1. The number of unbranched alkanes of at least 4 members (excludes halogenated alkanes) is 1. The summed E-state index contributed by atoms with van der Waals surface area (Å²) in [5.41, 5.74) is 4.49. The van der Waals surface area contributed by atoms with E-state index in [0.29, 0.717) is 6.04 Å². The van der Waals surface area contributed by atoms with E-state index in [1.165, 1.54) is 62.5 Å². The van der Waals surface area contributed by atoms with Crippen LogP contribution in [0.1, 0.15) is 56.3 Å². The van der Waals surface area contributed by atoms with Crippen molar-refractivity contribution in [1.29, 1.82) is 0 Å². The Morgan fingerprint density at radius 1 is 1.24 bits per heavy atom. The molecule has 0 aliphatic carbocycles. The molecule has 3 heterocycles. The molecule has 2 atom stereocenters. The van der Waals surface area contributed by atoms with Gasteiger partial charge in [0, 0.05) is 23.1 Å². The molecular weight excluding hydrogens is 256 g/mol. The lowest BCUT2D eigenvalue weighted by Gasteiger charge is -2.44. The number of fused-ring (bicyclic) bond motifs is 5. The number of aromatic amines is 1. The zero-order valence-electron chi connectivity index (χ0n) is 13.1. The first-order chi connectivity index (χ1) is 10.4. The van der Waals surface area contributed by atoms with Crippen molar-refractivity contribution >= 4 is 10.9 Å². The second kappa shape index (κ2) is 5.49. The fourth-order valence-corrected chi connectivity index (χ4v) is 4.59. The van der Waals surface area contributed by atoms with Crippen molar-refractivity contribution in [2.75, 3.05) is 13.1 Å². The van der Waals surface area contributed by atoms with Crippen LogP contribution in [0.2, 0.25) is 0 Å². The topological polar surface area (TPSA) is 19.0 Å². The fourth-order valence-electron chi connectivity index (χ4n) is 4.59. The SMILES string of the molecule is CCCCC1CCCN2CCc3c([nH]c4ccccc34)C12. The minimum Gasteiger partial charge on any atom is -0.357 e. The van der Waals surface area contributed by atoms with Gasteiger partial charge in [0.2, 0.25) is 0 Å². The van der Waals surface area contributed by atoms with Gasteiger partial charge in [0.1, 0.15) is 0 Å². The predicted octanol–water partition coefficient (Wildman–Crippen LogP) is 4.67. The average Bonchev–Trinajstić information content (AvgIpc) is 2.91. The number of rotatable bonds is 3. The van der Waals surface area contributed by atoms with Crippen LogP contribution >= 0.6 is 0 Å². The Labute approximate surface area is 127 Å². The molecule has 1 aromatic carbocycles. The maximum Gasteiger partial charge on any atom is 0.0529 e. The van der Waals surface area contributed by atoms with Crippen LogP contribution in [0.5, 0.6) is 0 Å². The van der Waals surface area contributed by atoms with Crippen molar-refractivity contribution in [3.63, 3.8) is 0 Å². The van der Waals surface area contributed by atoms with E-state index in [0.717, 1.165) is 5.92 Å². The van der Waals surface area contributed by atoms with Gasteiger partial charge in [-0.3, -0.25) is 4.90 Å². The van der Waals surface area contributed by atoms with Gasteiger partial charge in [-0.25, -0.2) is 0 Å². The van der Waals surface area contributed by atoms with E-state index < -0.39 is 0 Å². The summed E-state index contributed by atoms with van der Waals surface area (Å²) < 4.78 is 0. The molecule has 1 saturated heterocycles. The highest BCUT2D eigenvalue weighted by atomic mass is 15.2. The van der Waals surface area contributed by atoms with Gasteiger partial charge >= 0.3 is 0 Å². The molecule has 0 amide bonds. The Balaban J connectivity index is 1.75. The summed E-state index contributed by atoms with van der Waals surface area (Å²) in [6.45, 7) is 4.86. The molecule has 1 fully saturated rings. The molecule has 2 unspecified atom stereocenters. The largest absolute Gasteiger partial charge is 0.357 e. The molecule has 0 radical (unpaired) electrons. The van der Waals surface area contributed by atoms with Gasteiger partial charge in [-0.1, -0.05) is 38.0 Å². The summed E-state index contributed by atoms with van der Waals surface area (Å²) in [6, 6.07) is 9.52. The lowest BCUT2D eigenvalue weighted by atomic mass is 9.80. The summed E-state index contributed by atoms with van der Waals surface area (Å²) in [5.74, 6) is 0.853. The second-order valence-electron chi connectivity index (χ2n) is 6.84. The van der Waals surface area contributed by atoms with Gasteiger partial charge in [0.15, 0.2) is 0 Å². The van der Waals surface area contributed by atoms with E-state index in [-0.39, 0.29) is 0 Å². The zero-order valence-corrected chi connectivity index (χ0v) is 13.1. The minimum atomic E-state index is 0.654. The van der Waals surface area contributed by atoms with Crippen molar-refractivity contribution < 1.29 is 0 Å². The van der Waals surface area contributed by atoms with E-state index in [4.69, 9.17) is 0 Å². The van der Waals surface area contributed by atoms with Crippen molar-refractivity contribution in [3.05, 3.63) is 35.5 Å². The Hall–Kier alpha value is -1.28. The number of para-hydroxylation sites is 1. The van der Waals surface area contributed by atoms with Crippen LogP contribution in [0.15, 0.2) is 24.3 Å². The van der Waals surface area contributed by atoms with Gasteiger partial charge in [-0.05, 0) is 49.8 Å². The minimum absolute atomic E-state index is 0.654. The lowest BCUT2D eigenvalue weighted by molar-refractivity contribution is 0.0751. The van der Waals surface area contributed by atoms with Crippen molar-refractivity contribution in [1.82, 2.24) is 9.88 Å². The number of nitrogens with one attached hydrogen (secondary N) is 1. The number of benzene rings is 1. The van der Waals surface area contributed by atoms with Crippen LogP contribution in [0, 0.1) is 5.92 Å². The average molecular weight is 282 g/mol. The fraction of sp³-hybridized carbons (Fsp3) is 0.579. The van der Waals surface area contributed by atoms with E-state index in [9.17, 15) is 0 Å². The smallest absolute Gasteiger partial charge is 0.0529 e. The van der Waals surface area contributed by atoms with E-state index in [1.807, 2.05) is 0 Å². The molecule has 0 saturated carbocycles. The second-order valence-corrected chi connectivity index (χ2v) is 6.84. The third-order valence-electron chi connectivity index (χ3n) is 5.58. The maximum absolute atomic E-state index is 3.78. The summed E-state index contributed by atoms with van der Waals surface area (Å²) in [7, 11) is 0. The molecule has 112 valence electrons. The Bertz CT molecular complexity index is 628. The molecule has 2 nitrogen and oxygen atoms in total. The molecule has 2 aliphatic rings. The highest BCUT2D eigenvalue weighted by Gasteiger charge is 2.37. The molecule has 1 N–H and O–H groups in total.